The summed E-state index contributed by atoms with van der Waals surface area (Å²) in [4.78, 5) is 19.0. The van der Waals surface area contributed by atoms with E-state index in [1.54, 1.807) is 17.2 Å². The van der Waals surface area contributed by atoms with Gasteiger partial charge in [-0.1, -0.05) is 24.3 Å². The lowest BCUT2D eigenvalue weighted by Gasteiger charge is -2.34. The minimum absolute atomic E-state index is 0.332. The van der Waals surface area contributed by atoms with E-state index in [1.807, 2.05) is 0 Å². The van der Waals surface area contributed by atoms with Gasteiger partial charge >= 0.3 is 0 Å². The lowest BCUT2D eigenvalue weighted by Crippen LogP contribution is -2.40. The third-order valence-electron chi connectivity index (χ3n) is 5.74. The maximum atomic E-state index is 12.7. The highest BCUT2D eigenvalue weighted by Gasteiger charge is 2.25. The van der Waals surface area contributed by atoms with E-state index in [9.17, 15) is 4.79 Å². The van der Waals surface area contributed by atoms with Gasteiger partial charge in [0.25, 0.3) is 0 Å². The van der Waals surface area contributed by atoms with Gasteiger partial charge in [0, 0.05) is 26.1 Å². The summed E-state index contributed by atoms with van der Waals surface area (Å²) in [6.07, 6.45) is 7.36. The number of amides is 1. The van der Waals surface area contributed by atoms with Gasteiger partial charge in [-0.25, -0.2) is 0 Å². The average Bonchev–Trinajstić information content (AvgIpc) is 3.21. The number of hydrogen-bond acceptors (Lipinski definition) is 4. The van der Waals surface area contributed by atoms with Gasteiger partial charge in [-0.05, 0) is 49.4 Å². The van der Waals surface area contributed by atoms with Gasteiger partial charge in [-0.3, -0.25) is 4.79 Å². The fourth-order valence-electron chi connectivity index (χ4n) is 4.09. The second-order valence-corrected chi connectivity index (χ2v) is 7.45. The zero-order valence-electron chi connectivity index (χ0n) is 15.3. The average molecular weight is 353 g/mol. The smallest absolute Gasteiger partial charge is 0.223 e. The molecule has 1 amide bonds. The van der Waals surface area contributed by atoms with Crippen molar-refractivity contribution < 1.29 is 4.79 Å². The number of hydrogen-bond donors (Lipinski definition) is 0. The summed E-state index contributed by atoms with van der Waals surface area (Å²) in [5, 5.41) is 8.30. The van der Waals surface area contributed by atoms with Crippen molar-refractivity contribution in [2.24, 2.45) is 5.92 Å². The first kappa shape index (κ1) is 17.2. The van der Waals surface area contributed by atoms with Crippen molar-refractivity contribution >= 4 is 5.91 Å². The van der Waals surface area contributed by atoms with E-state index in [2.05, 4.69) is 44.3 Å². The zero-order chi connectivity index (χ0) is 17.8. The Bertz CT molecular complexity index is 722. The standard InChI is InChI=1S/C20H27N5O/c26-20(24-12-7-18-3-1-2-4-19(18)16-24)15-17-5-10-23(11-6-17)13-14-25-21-8-9-22-25/h1-4,8-9,17H,5-7,10-16H2. The fraction of sp³-hybridized carbons (Fsp3) is 0.550. The Labute approximate surface area is 154 Å². The van der Waals surface area contributed by atoms with Gasteiger partial charge < -0.3 is 9.80 Å². The molecule has 1 fully saturated rings. The van der Waals surface area contributed by atoms with E-state index in [1.165, 1.54) is 11.1 Å². The Morgan fingerprint density at radius 2 is 1.73 bits per heavy atom. The molecule has 0 unspecified atom stereocenters. The molecule has 0 saturated carbocycles. The molecule has 3 heterocycles. The molecule has 6 heteroatoms. The number of carbonyl (C=O) groups excluding carboxylic acids is 1. The summed E-state index contributed by atoms with van der Waals surface area (Å²) in [6.45, 7) is 5.61. The SMILES string of the molecule is O=C(CC1CCN(CCn2nccn2)CC1)N1CCc2ccccc2C1. The number of aromatic nitrogens is 3. The van der Waals surface area contributed by atoms with E-state index in [0.717, 1.165) is 58.5 Å². The Balaban J connectivity index is 1.21. The molecule has 0 bridgehead atoms. The van der Waals surface area contributed by atoms with Crippen LogP contribution in [0.25, 0.3) is 0 Å². The monoisotopic (exact) mass is 353 g/mol. The summed E-state index contributed by atoms with van der Waals surface area (Å²) >= 11 is 0. The molecule has 0 atom stereocenters. The van der Waals surface area contributed by atoms with Crippen LogP contribution in [0, 0.1) is 5.92 Å². The van der Waals surface area contributed by atoms with Crippen LogP contribution in [0.2, 0.25) is 0 Å². The maximum Gasteiger partial charge on any atom is 0.223 e. The van der Waals surface area contributed by atoms with Crippen LogP contribution in [-0.2, 0) is 24.3 Å². The van der Waals surface area contributed by atoms with Gasteiger partial charge in [0.2, 0.25) is 5.91 Å². The number of piperidine rings is 1. The third-order valence-corrected chi connectivity index (χ3v) is 5.74. The van der Waals surface area contributed by atoms with E-state index in [4.69, 9.17) is 0 Å². The van der Waals surface area contributed by atoms with Crippen LogP contribution in [0.4, 0.5) is 0 Å². The topological polar surface area (TPSA) is 54.3 Å². The fourth-order valence-corrected chi connectivity index (χ4v) is 4.09. The molecule has 0 aliphatic carbocycles. The van der Waals surface area contributed by atoms with Crippen molar-refractivity contribution in [3.63, 3.8) is 0 Å². The molecule has 2 aromatic rings. The molecular weight excluding hydrogens is 326 g/mol. The van der Waals surface area contributed by atoms with E-state index in [-0.39, 0.29) is 0 Å². The summed E-state index contributed by atoms with van der Waals surface area (Å²) < 4.78 is 0. The number of nitrogens with zero attached hydrogens (tertiary/aromatic N) is 5. The third kappa shape index (κ3) is 4.12. The van der Waals surface area contributed by atoms with Crippen molar-refractivity contribution in [2.45, 2.75) is 38.8 Å². The van der Waals surface area contributed by atoms with E-state index in [0.29, 0.717) is 18.2 Å². The predicted molar refractivity (Wildman–Crippen MR) is 99.4 cm³/mol. The van der Waals surface area contributed by atoms with Crippen molar-refractivity contribution in [3.8, 4) is 0 Å². The first-order valence-corrected chi connectivity index (χ1v) is 9.69. The van der Waals surface area contributed by atoms with Crippen LogP contribution in [-0.4, -0.2) is 56.9 Å². The van der Waals surface area contributed by atoms with Crippen LogP contribution in [0.3, 0.4) is 0 Å². The predicted octanol–water partition coefficient (Wildman–Crippen LogP) is 1.97. The van der Waals surface area contributed by atoms with Crippen LogP contribution in [0.5, 0.6) is 0 Å². The number of fused-ring (bicyclic) bond motifs is 1. The first-order valence-electron chi connectivity index (χ1n) is 9.69. The normalized spacial score (nSPS) is 18.7. The number of benzene rings is 1. The van der Waals surface area contributed by atoms with Gasteiger partial charge in [0.1, 0.15) is 0 Å². The van der Waals surface area contributed by atoms with Gasteiger partial charge in [0.05, 0.1) is 18.9 Å². The Hall–Kier alpha value is -2.21. The van der Waals surface area contributed by atoms with Crippen molar-refractivity contribution in [2.75, 3.05) is 26.2 Å². The Morgan fingerprint density at radius 1 is 1.00 bits per heavy atom. The Morgan fingerprint density at radius 3 is 2.50 bits per heavy atom. The quantitative estimate of drug-likeness (QED) is 0.825. The highest BCUT2D eigenvalue weighted by molar-refractivity contribution is 5.76. The largest absolute Gasteiger partial charge is 0.338 e. The van der Waals surface area contributed by atoms with Gasteiger partial charge in [0.15, 0.2) is 0 Å². The first-order chi connectivity index (χ1) is 12.8. The van der Waals surface area contributed by atoms with Crippen LogP contribution >= 0.6 is 0 Å². The van der Waals surface area contributed by atoms with Crippen LogP contribution < -0.4 is 0 Å². The molecule has 1 saturated heterocycles. The van der Waals surface area contributed by atoms with Gasteiger partial charge in [-0.2, -0.15) is 15.0 Å². The second kappa shape index (κ2) is 7.99. The molecule has 1 aromatic heterocycles. The molecular formula is C20H27N5O. The lowest BCUT2D eigenvalue weighted by molar-refractivity contribution is -0.133. The summed E-state index contributed by atoms with van der Waals surface area (Å²) in [5.74, 6) is 0.859. The minimum atomic E-state index is 0.332. The molecule has 0 spiro atoms. The molecule has 138 valence electrons. The maximum absolute atomic E-state index is 12.7. The molecule has 4 rings (SSSR count). The molecule has 0 N–H and O–H groups in total. The van der Waals surface area contributed by atoms with Crippen LogP contribution in [0.15, 0.2) is 36.7 Å². The van der Waals surface area contributed by atoms with E-state index >= 15 is 0 Å². The molecule has 1 aromatic carbocycles. The van der Waals surface area contributed by atoms with Gasteiger partial charge in [-0.15, -0.1) is 0 Å². The minimum Gasteiger partial charge on any atom is -0.338 e. The molecule has 2 aliphatic rings. The zero-order valence-corrected chi connectivity index (χ0v) is 15.3. The molecule has 0 radical (unpaired) electrons. The molecule has 2 aliphatic heterocycles. The lowest BCUT2D eigenvalue weighted by atomic mass is 9.92. The highest BCUT2D eigenvalue weighted by Crippen LogP contribution is 2.24. The Kier molecular flexibility index (Phi) is 5.29. The van der Waals surface area contributed by atoms with Crippen molar-refractivity contribution in [1.82, 2.24) is 24.8 Å². The molecule has 26 heavy (non-hydrogen) atoms. The number of likely N-dealkylation sites (tertiary alicyclic amines) is 1. The summed E-state index contributed by atoms with van der Waals surface area (Å²) in [7, 11) is 0. The number of rotatable bonds is 5. The summed E-state index contributed by atoms with van der Waals surface area (Å²) in [6, 6.07) is 8.50. The second-order valence-electron chi connectivity index (χ2n) is 7.45. The summed E-state index contributed by atoms with van der Waals surface area (Å²) in [5.41, 5.74) is 2.71. The van der Waals surface area contributed by atoms with E-state index < -0.39 is 0 Å². The van der Waals surface area contributed by atoms with Crippen molar-refractivity contribution in [3.05, 3.63) is 47.8 Å². The highest BCUT2D eigenvalue weighted by atomic mass is 16.2. The molecule has 6 nitrogen and oxygen atoms in total. The number of carbonyl (C=O) groups is 1. The van der Waals surface area contributed by atoms with Crippen LogP contribution in [0.1, 0.15) is 30.4 Å². The van der Waals surface area contributed by atoms with Crippen molar-refractivity contribution in [1.29, 1.82) is 0 Å².